The minimum absolute atomic E-state index is 0.00315. The number of amides is 1. The molecule has 6 rings (SSSR count). The zero-order chi connectivity index (χ0) is 24.9. The minimum atomic E-state index is -0.224. The lowest BCUT2D eigenvalue weighted by atomic mass is 9.99. The number of oxime groups is 1. The largest absolute Gasteiger partial charge is 0.489 e. The first-order chi connectivity index (χ1) is 17.5. The van der Waals surface area contributed by atoms with Gasteiger partial charge >= 0.3 is 0 Å². The van der Waals surface area contributed by atoms with Gasteiger partial charge in [0.1, 0.15) is 24.2 Å². The van der Waals surface area contributed by atoms with E-state index >= 15 is 0 Å². The molecule has 0 spiro atoms. The lowest BCUT2D eigenvalue weighted by Crippen LogP contribution is -2.63. The minimum Gasteiger partial charge on any atom is -0.489 e. The number of quaternary nitrogens is 1. The highest BCUT2D eigenvalue weighted by molar-refractivity contribution is 7.22. The van der Waals surface area contributed by atoms with Crippen LogP contribution in [0.25, 0.3) is 10.2 Å². The third-order valence-corrected chi connectivity index (χ3v) is 8.74. The van der Waals surface area contributed by atoms with Crippen molar-refractivity contribution >= 4 is 38.3 Å². The number of aromatic nitrogens is 1. The van der Waals surface area contributed by atoms with Crippen molar-refractivity contribution < 1.29 is 19.5 Å². The first-order valence-electron chi connectivity index (χ1n) is 12.3. The number of hydrogen-bond donors (Lipinski definition) is 2. The zero-order valence-corrected chi connectivity index (χ0v) is 21.0. The van der Waals surface area contributed by atoms with Gasteiger partial charge in [-0.25, -0.2) is 4.48 Å². The Kier molecular flexibility index (Phi) is 5.69. The average molecular weight is 506 g/mol. The molecular weight excluding hydrogens is 476 g/mol. The Balaban J connectivity index is 1.33. The Morgan fingerprint density at radius 3 is 3.06 bits per heavy atom. The summed E-state index contributed by atoms with van der Waals surface area (Å²) in [7, 11) is 2.16. The fraction of sp³-hybridized carbons (Fsp3) is 0.370. The molecule has 2 N–H and O–H groups in total. The highest BCUT2D eigenvalue weighted by atomic mass is 32.1. The second-order valence-electron chi connectivity index (χ2n) is 9.87. The van der Waals surface area contributed by atoms with Gasteiger partial charge in [-0.3, -0.25) is 4.79 Å². The monoisotopic (exact) mass is 505 g/mol. The summed E-state index contributed by atoms with van der Waals surface area (Å²) in [5, 5.41) is 17.4. The van der Waals surface area contributed by atoms with Crippen LogP contribution in [0.4, 0.5) is 5.13 Å². The molecular formula is C27H29N4O4S+. The second kappa shape index (κ2) is 8.90. The number of fused-ring (bicyclic) bond motifs is 3. The molecule has 1 aliphatic carbocycles. The molecule has 3 heterocycles. The molecule has 3 aliphatic rings. The molecule has 3 unspecified atom stereocenters. The summed E-state index contributed by atoms with van der Waals surface area (Å²) in [4.78, 5) is 18.7. The Hall–Kier alpha value is -3.43. The van der Waals surface area contributed by atoms with Gasteiger partial charge in [-0.1, -0.05) is 41.3 Å². The number of nitrogens with zero attached hydrogens (tertiary/aromatic N) is 3. The van der Waals surface area contributed by atoms with E-state index in [4.69, 9.17) is 14.5 Å². The fourth-order valence-electron chi connectivity index (χ4n) is 5.35. The van der Waals surface area contributed by atoms with Crippen LogP contribution in [0, 0.1) is 5.92 Å². The maximum Gasteiger partial charge on any atom is 0.288 e. The van der Waals surface area contributed by atoms with E-state index < -0.39 is 0 Å². The second-order valence-corrected chi connectivity index (χ2v) is 10.9. The predicted molar refractivity (Wildman–Crippen MR) is 140 cm³/mol. The fourth-order valence-corrected chi connectivity index (χ4v) is 6.49. The van der Waals surface area contributed by atoms with Gasteiger partial charge in [0.25, 0.3) is 11.0 Å². The van der Waals surface area contributed by atoms with E-state index in [0.29, 0.717) is 32.8 Å². The summed E-state index contributed by atoms with van der Waals surface area (Å²) < 4.78 is 13.7. The number of thiazole rings is 1. The van der Waals surface area contributed by atoms with Crippen LogP contribution in [0.3, 0.4) is 0 Å². The molecule has 36 heavy (non-hydrogen) atoms. The van der Waals surface area contributed by atoms with Crippen molar-refractivity contribution in [2.45, 2.75) is 38.0 Å². The van der Waals surface area contributed by atoms with Gasteiger partial charge in [0.2, 0.25) is 0 Å². The van der Waals surface area contributed by atoms with Crippen molar-refractivity contribution in [2.24, 2.45) is 11.1 Å². The van der Waals surface area contributed by atoms with Crippen molar-refractivity contribution in [3.05, 3.63) is 60.2 Å². The van der Waals surface area contributed by atoms with E-state index in [1.807, 2.05) is 18.2 Å². The van der Waals surface area contributed by atoms with E-state index in [9.17, 15) is 10.0 Å². The van der Waals surface area contributed by atoms with E-state index in [1.165, 1.54) is 0 Å². The van der Waals surface area contributed by atoms with Crippen molar-refractivity contribution in [3.63, 3.8) is 0 Å². The van der Waals surface area contributed by atoms with Gasteiger partial charge < -0.3 is 20.0 Å². The number of carbonyl (C=O) groups is 1. The van der Waals surface area contributed by atoms with Crippen LogP contribution in [-0.2, 0) is 0 Å². The highest BCUT2D eigenvalue weighted by Crippen LogP contribution is 2.46. The summed E-state index contributed by atoms with van der Waals surface area (Å²) in [5.41, 5.74) is 2.64. The molecule has 3 aromatic rings. The van der Waals surface area contributed by atoms with E-state index in [0.717, 1.165) is 47.6 Å². The van der Waals surface area contributed by atoms with Crippen LogP contribution < -0.4 is 19.3 Å². The molecule has 4 atom stereocenters. The van der Waals surface area contributed by atoms with Crippen LogP contribution in [0.2, 0.25) is 0 Å². The predicted octanol–water partition coefficient (Wildman–Crippen LogP) is 4.70. The number of likely N-dealkylation sites (tertiary alicyclic amines) is 1. The molecule has 1 saturated heterocycles. The molecule has 8 nitrogen and oxygen atoms in total. The molecule has 0 bridgehead atoms. The van der Waals surface area contributed by atoms with Crippen molar-refractivity contribution in [1.29, 1.82) is 0 Å². The first-order valence-corrected chi connectivity index (χ1v) is 13.2. The van der Waals surface area contributed by atoms with E-state index in [1.54, 1.807) is 29.5 Å². The SMILES string of the molecule is C=CCOc1cc2c(cc1C(=O)NC1CCCC[N@@+]1(C)c1nc3ccccc3s1)OC1CC1C2=NO. The molecule has 1 aromatic heterocycles. The van der Waals surface area contributed by atoms with E-state index in [2.05, 4.69) is 30.2 Å². The molecule has 1 saturated carbocycles. The van der Waals surface area contributed by atoms with Crippen LogP contribution in [-0.4, -0.2) is 54.3 Å². The van der Waals surface area contributed by atoms with Crippen LogP contribution in [0.1, 0.15) is 41.6 Å². The van der Waals surface area contributed by atoms with Gasteiger partial charge in [-0.05, 0) is 43.5 Å². The maximum atomic E-state index is 13.7. The number of piperidine rings is 1. The lowest BCUT2D eigenvalue weighted by Gasteiger charge is -2.42. The quantitative estimate of drug-likeness (QED) is 0.219. The summed E-state index contributed by atoms with van der Waals surface area (Å²) >= 11 is 1.69. The molecule has 9 heteroatoms. The standard InChI is InChI=1S/C27H28N4O4S/c1-3-12-34-20-13-16-22(35-21-14-17(21)25(16)30-33)15-18(20)26(32)29-24-10-6-7-11-31(24,2)27-28-19-8-4-5-9-23(19)36-27/h3-5,8-9,13,15,17,21,24H,1,6-7,10-12,14H2,2H3,(H-,29,32,33)/p+1/t17?,21?,24?,31-/m1/s1. The van der Waals surface area contributed by atoms with Crippen molar-refractivity contribution in [1.82, 2.24) is 14.8 Å². The first kappa shape index (κ1) is 23.0. The van der Waals surface area contributed by atoms with Gasteiger partial charge in [0, 0.05) is 17.9 Å². The molecule has 0 radical (unpaired) electrons. The Bertz CT molecular complexity index is 1350. The Morgan fingerprint density at radius 2 is 2.25 bits per heavy atom. The number of benzene rings is 2. The van der Waals surface area contributed by atoms with Gasteiger partial charge in [-0.15, -0.1) is 0 Å². The summed E-state index contributed by atoms with van der Waals surface area (Å²) in [6.45, 7) is 4.88. The number of para-hydroxylation sites is 1. The third kappa shape index (κ3) is 3.83. The van der Waals surface area contributed by atoms with E-state index in [-0.39, 0.29) is 30.7 Å². The van der Waals surface area contributed by atoms with Crippen molar-refractivity contribution in [2.75, 3.05) is 20.2 Å². The third-order valence-electron chi connectivity index (χ3n) is 7.48. The van der Waals surface area contributed by atoms with Crippen LogP contribution in [0.15, 0.2) is 54.2 Å². The number of rotatable bonds is 6. The number of nitrogens with one attached hydrogen (secondary N) is 1. The topological polar surface area (TPSA) is 93.0 Å². The number of carbonyl (C=O) groups excluding carboxylic acids is 1. The number of hydrogen-bond acceptors (Lipinski definition) is 7. The molecule has 2 aliphatic heterocycles. The summed E-state index contributed by atoms with van der Waals surface area (Å²) in [6.07, 6.45) is 5.28. The normalized spacial score (nSPS) is 27.6. The van der Waals surface area contributed by atoms with Crippen LogP contribution in [0.5, 0.6) is 11.5 Å². The molecule has 186 valence electrons. The molecule has 2 fully saturated rings. The Labute approximate surface area is 213 Å². The summed E-state index contributed by atoms with van der Waals surface area (Å²) in [6, 6.07) is 11.6. The van der Waals surface area contributed by atoms with Crippen molar-refractivity contribution in [3.8, 4) is 11.5 Å². The molecule has 1 amide bonds. The maximum absolute atomic E-state index is 13.7. The smallest absolute Gasteiger partial charge is 0.288 e. The average Bonchev–Trinajstić information content (AvgIpc) is 3.52. The van der Waals surface area contributed by atoms with Gasteiger partial charge in [0.05, 0.1) is 35.1 Å². The van der Waals surface area contributed by atoms with Crippen LogP contribution >= 0.6 is 11.3 Å². The lowest BCUT2D eigenvalue weighted by molar-refractivity contribution is 0.0830. The molecule has 2 aromatic carbocycles. The summed E-state index contributed by atoms with van der Waals surface area (Å²) in [5.74, 6) is 0.825. The van der Waals surface area contributed by atoms with Gasteiger partial charge in [0.15, 0.2) is 6.17 Å². The Morgan fingerprint density at radius 1 is 1.39 bits per heavy atom. The highest BCUT2D eigenvalue weighted by Gasteiger charge is 2.49. The van der Waals surface area contributed by atoms with Gasteiger partial charge in [-0.2, -0.15) is 4.98 Å². The number of ether oxygens (including phenoxy) is 2. The zero-order valence-electron chi connectivity index (χ0n) is 20.1.